The van der Waals surface area contributed by atoms with Crippen LogP contribution in [0.2, 0.25) is 15.1 Å². The summed E-state index contributed by atoms with van der Waals surface area (Å²) in [4.78, 5) is 28.1. The van der Waals surface area contributed by atoms with Crippen LogP contribution in [-0.2, 0) is 26.2 Å². The minimum atomic E-state index is -4.21. The van der Waals surface area contributed by atoms with E-state index in [0.717, 1.165) is 17.1 Å². The molecular weight excluding hydrogens is 581 g/mol. The Labute approximate surface area is 244 Å². The molecule has 0 aliphatic carbocycles. The summed E-state index contributed by atoms with van der Waals surface area (Å²) in [5.74, 6) is -0.917. The van der Waals surface area contributed by atoms with E-state index in [9.17, 15) is 18.0 Å². The Bertz CT molecular complexity index is 1400. The number of nitrogens with one attached hydrogen (secondary N) is 1. The quantitative estimate of drug-likeness (QED) is 0.248. The van der Waals surface area contributed by atoms with Crippen LogP contribution in [0.1, 0.15) is 32.3 Å². The standard InChI is InChI=1S/C28H30Cl3N3O4S/c1-3-4-15-32-28(36)20(2)33(18-21-7-5-8-23(30)16-21)27(35)19-34(25-10-6-9-24(31)17-25)39(37,38)26-13-11-22(29)12-14-26/h5-14,16-17,20H,3-4,15,18-19H2,1-2H3,(H,32,36)/t20-/m1/s1. The molecule has 3 aromatic carbocycles. The Kier molecular flexibility index (Phi) is 11.1. The fourth-order valence-corrected chi connectivity index (χ4v) is 5.77. The summed E-state index contributed by atoms with van der Waals surface area (Å²) in [6.07, 6.45) is 1.69. The zero-order chi connectivity index (χ0) is 28.6. The van der Waals surface area contributed by atoms with E-state index >= 15 is 0 Å². The summed E-state index contributed by atoms with van der Waals surface area (Å²) in [7, 11) is -4.21. The lowest BCUT2D eigenvalue weighted by Gasteiger charge is -2.32. The van der Waals surface area contributed by atoms with Crippen LogP contribution >= 0.6 is 34.8 Å². The van der Waals surface area contributed by atoms with Gasteiger partial charge in [-0.05, 0) is 73.5 Å². The predicted octanol–water partition coefficient (Wildman–Crippen LogP) is 6.18. The maximum Gasteiger partial charge on any atom is 0.264 e. The SMILES string of the molecule is CCCCNC(=O)[C@@H](C)N(Cc1cccc(Cl)c1)C(=O)CN(c1cccc(Cl)c1)S(=O)(=O)c1ccc(Cl)cc1. The molecule has 0 aliphatic rings. The molecule has 1 N–H and O–H groups in total. The third kappa shape index (κ3) is 8.35. The minimum Gasteiger partial charge on any atom is -0.354 e. The van der Waals surface area contributed by atoms with E-state index in [1.165, 1.54) is 35.2 Å². The van der Waals surface area contributed by atoms with Crippen molar-refractivity contribution in [3.8, 4) is 0 Å². The fraction of sp³-hybridized carbons (Fsp3) is 0.286. The van der Waals surface area contributed by atoms with Crippen LogP contribution in [0.4, 0.5) is 5.69 Å². The van der Waals surface area contributed by atoms with Crippen molar-refractivity contribution in [1.82, 2.24) is 10.2 Å². The average Bonchev–Trinajstić information content (AvgIpc) is 2.90. The first-order valence-electron chi connectivity index (χ1n) is 12.4. The van der Waals surface area contributed by atoms with Gasteiger partial charge in [0, 0.05) is 28.2 Å². The summed E-state index contributed by atoms with van der Waals surface area (Å²) in [5.41, 5.74) is 0.896. The van der Waals surface area contributed by atoms with Gasteiger partial charge >= 0.3 is 0 Å². The van der Waals surface area contributed by atoms with Crippen molar-refractivity contribution in [2.45, 2.75) is 44.2 Å². The van der Waals surface area contributed by atoms with Crippen molar-refractivity contribution in [3.05, 3.63) is 93.4 Å². The number of sulfonamides is 1. The molecule has 3 aromatic rings. The second kappa shape index (κ2) is 14.0. The van der Waals surface area contributed by atoms with Crippen LogP contribution in [0, 0.1) is 0 Å². The molecule has 0 bridgehead atoms. The maximum atomic E-state index is 13.9. The Hall–Kier alpha value is -2.78. The van der Waals surface area contributed by atoms with Crippen LogP contribution in [-0.4, -0.2) is 44.3 Å². The van der Waals surface area contributed by atoms with Crippen molar-refractivity contribution >= 4 is 62.3 Å². The van der Waals surface area contributed by atoms with Gasteiger partial charge in [0.25, 0.3) is 10.0 Å². The van der Waals surface area contributed by atoms with Crippen molar-refractivity contribution in [2.75, 3.05) is 17.4 Å². The molecule has 0 saturated carbocycles. The topological polar surface area (TPSA) is 86.8 Å². The van der Waals surface area contributed by atoms with Gasteiger partial charge in [0.2, 0.25) is 11.8 Å². The number of nitrogens with zero attached hydrogens (tertiary/aromatic N) is 2. The first-order valence-corrected chi connectivity index (χ1v) is 15.0. The molecular formula is C28H30Cl3N3O4S. The van der Waals surface area contributed by atoms with E-state index in [1.54, 1.807) is 49.4 Å². The molecule has 11 heteroatoms. The van der Waals surface area contributed by atoms with Gasteiger partial charge in [-0.1, -0.05) is 66.3 Å². The molecule has 0 radical (unpaired) electrons. The fourth-order valence-electron chi connectivity index (χ4n) is 3.84. The molecule has 39 heavy (non-hydrogen) atoms. The normalized spacial score (nSPS) is 12.0. The average molecular weight is 611 g/mol. The molecule has 0 fully saturated rings. The molecule has 3 rings (SSSR count). The number of halogens is 3. The van der Waals surface area contributed by atoms with E-state index in [1.807, 2.05) is 6.92 Å². The van der Waals surface area contributed by atoms with Crippen LogP contribution in [0.25, 0.3) is 0 Å². The molecule has 0 heterocycles. The molecule has 208 valence electrons. The Balaban J connectivity index is 2.00. The number of rotatable bonds is 12. The van der Waals surface area contributed by atoms with E-state index < -0.39 is 28.5 Å². The van der Waals surface area contributed by atoms with Crippen LogP contribution in [0.15, 0.2) is 77.7 Å². The molecule has 1 atom stereocenters. The lowest BCUT2D eigenvalue weighted by molar-refractivity contribution is -0.139. The maximum absolute atomic E-state index is 13.9. The van der Waals surface area contributed by atoms with E-state index in [2.05, 4.69) is 5.32 Å². The summed E-state index contributed by atoms with van der Waals surface area (Å²) < 4.78 is 28.5. The summed E-state index contributed by atoms with van der Waals surface area (Å²) in [6, 6.07) is 17.9. The molecule has 7 nitrogen and oxygen atoms in total. The summed E-state index contributed by atoms with van der Waals surface area (Å²) >= 11 is 18.3. The van der Waals surface area contributed by atoms with Crippen molar-refractivity contribution < 1.29 is 18.0 Å². The Morgan fingerprint density at radius 2 is 1.54 bits per heavy atom. The zero-order valence-electron chi connectivity index (χ0n) is 21.6. The van der Waals surface area contributed by atoms with Crippen molar-refractivity contribution in [1.29, 1.82) is 0 Å². The van der Waals surface area contributed by atoms with Crippen LogP contribution < -0.4 is 9.62 Å². The third-order valence-corrected chi connectivity index (χ3v) is 8.53. The lowest BCUT2D eigenvalue weighted by Crippen LogP contribution is -2.51. The predicted molar refractivity (Wildman–Crippen MR) is 157 cm³/mol. The number of carbonyl (C=O) groups excluding carboxylic acids is 2. The van der Waals surface area contributed by atoms with Crippen molar-refractivity contribution in [3.63, 3.8) is 0 Å². The number of carbonyl (C=O) groups is 2. The highest BCUT2D eigenvalue weighted by atomic mass is 35.5. The zero-order valence-corrected chi connectivity index (χ0v) is 24.7. The summed E-state index contributed by atoms with van der Waals surface area (Å²) in [5, 5.41) is 4.00. The van der Waals surface area contributed by atoms with Gasteiger partial charge < -0.3 is 10.2 Å². The van der Waals surface area contributed by atoms with Gasteiger partial charge in [-0.25, -0.2) is 8.42 Å². The van der Waals surface area contributed by atoms with Gasteiger partial charge in [0.15, 0.2) is 0 Å². The molecule has 0 spiro atoms. The first-order chi connectivity index (χ1) is 18.5. The molecule has 0 saturated heterocycles. The monoisotopic (exact) mass is 609 g/mol. The van der Waals surface area contributed by atoms with Crippen molar-refractivity contribution in [2.24, 2.45) is 0 Å². The molecule has 2 amide bonds. The second-order valence-electron chi connectivity index (χ2n) is 8.92. The third-order valence-electron chi connectivity index (χ3n) is 6.02. The molecule has 0 aliphatic heterocycles. The highest BCUT2D eigenvalue weighted by molar-refractivity contribution is 7.92. The van der Waals surface area contributed by atoms with E-state index in [4.69, 9.17) is 34.8 Å². The number of hydrogen-bond donors (Lipinski definition) is 1. The smallest absolute Gasteiger partial charge is 0.264 e. The minimum absolute atomic E-state index is 0.0478. The lowest BCUT2D eigenvalue weighted by atomic mass is 10.1. The molecule has 0 aromatic heterocycles. The highest BCUT2D eigenvalue weighted by Crippen LogP contribution is 2.27. The number of unbranched alkanes of at least 4 members (excludes halogenated alkanes) is 1. The van der Waals surface area contributed by atoms with Gasteiger partial charge in [-0.2, -0.15) is 0 Å². The second-order valence-corrected chi connectivity index (χ2v) is 12.1. The number of benzene rings is 3. The molecule has 0 unspecified atom stereocenters. The number of anilines is 1. The van der Waals surface area contributed by atoms with Crippen LogP contribution in [0.3, 0.4) is 0 Å². The van der Waals surface area contributed by atoms with Gasteiger partial charge in [-0.3, -0.25) is 13.9 Å². The first kappa shape index (κ1) is 30.8. The summed E-state index contributed by atoms with van der Waals surface area (Å²) in [6.45, 7) is 3.57. The van der Waals surface area contributed by atoms with Gasteiger partial charge in [0.05, 0.1) is 10.6 Å². The van der Waals surface area contributed by atoms with E-state index in [-0.39, 0.29) is 23.0 Å². The van der Waals surface area contributed by atoms with Gasteiger partial charge in [0.1, 0.15) is 12.6 Å². The van der Waals surface area contributed by atoms with Gasteiger partial charge in [-0.15, -0.1) is 0 Å². The Morgan fingerprint density at radius 3 is 2.15 bits per heavy atom. The van der Waals surface area contributed by atoms with E-state index in [0.29, 0.717) is 27.2 Å². The number of amides is 2. The largest absolute Gasteiger partial charge is 0.354 e. The Morgan fingerprint density at radius 1 is 0.897 bits per heavy atom. The number of hydrogen-bond acceptors (Lipinski definition) is 4. The van der Waals surface area contributed by atoms with Crippen LogP contribution in [0.5, 0.6) is 0 Å². The highest BCUT2D eigenvalue weighted by Gasteiger charge is 2.32.